The first-order valence-electron chi connectivity index (χ1n) is 12.9. The summed E-state index contributed by atoms with van der Waals surface area (Å²) < 4.78 is 1.71. The van der Waals surface area contributed by atoms with Crippen molar-refractivity contribution in [1.82, 2.24) is 4.57 Å². The number of hydrogen-bond acceptors (Lipinski definition) is 12. The van der Waals surface area contributed by atoms with Gasteiger partial charge in [0, 0.05) is 34.3 Å². The zero-order valence-corrected chi connectivity index (χ0v) is 23.8. The minimum Gasteiger partial charge on any atom is -0.299 e. The van der Waals surface area contributed by atoms with Crippen LogP contribution in [0.2, 0.25) is 5.15 Å². The third-order valence-electron chi connectivity index (χ3n) is 6.56. The van der Waals surface area contributed by atoms with Crippen molar-refractivity contribution in [1.29, 1.82) is 0 Å². The van der Waals surface area contributed by atoms with E-state index in [9.17, 15) is 40.5 Å². The molecule has 2 N–H and O–H groups in total. The Morgan fingerprint density at radius 2 is 1.20 bits per heavy atom. The summed E-state index contributed by atoms with van der Waals surface area (Å²) in [5, 5.41) is 54.2. The van der Waals surface area contributed by atoms with Gasteiger partial charge in [0.15, 0.2) is 0 Å². The van der Waals surface area contributed by atoms with Gasteiger partial charge >= 0.3 is 11.4 Å². The van der Waals surface area contributed by atoms with Crippen LogP contribution in [0.25, 0.3) is 16.6 Å². The largest absolute Gasteiger partial charge is 0.301 e. The van der Waals surface area contributed by atoms with Gasteiger partial charge in [0.2, 0.25) is 0 Å². The molecule has 0 amide bonds. The van der Waals surface area contributed by atoms with E-state index in [-0.39, 0.29) is 16.5 Å². The molecular formula is C28H18ClN9O8. The fraction of sp³-hybridized carbons (Fsp3) is 0. The highest BCUT2D eigenvalue weighted by molar-refractivity contribution is 6.35. The third-order valence-corrected chi connectivity index (χ3v) is 6.93. The van der Waals surface area contributed by atoms with Gasteiger partial charge in [-0.2, -0.15) is 10.2 Å². The van der Waals surface area contributed by atoms with Crippen LogP contribution in [-0.2, 0) is 0 Å². The predicted octanol–water partition coefficient (Wildman–Crippen LogP) is 6.81. The maximum absolute atomic E-state index is 11.5. The third kappa shape index (κ3) is 6.15. The van der Waals surface area contributed by atoms with E-state index < -0.39 is 42.4 Å². The Labute approximate surface area is 261 Å². The van der Waals surface area contributed by atoms with Crippen molar-refractivity contribution in [3.8, 4) is 5.69 Å². The van der Waals surface area contributed by atoms with Gasteiger partial charge in [0.25, 0.3) is 11.4 Å². The zero-order chi connectivity index (χ0) is 33.0. The number of hydrazone groups is 2. The molecule has 18 heteroatoms. The first-order valence-corrected chi connectivity index (χ1v) is 13.3. The molecule has 4 aromatic carbocycles. The van der Waals surface area contributed by atoms with Crippen molar-refractivity contribution < 1.29 is 19.7 Å². The van der Waals surface area contributed by atoms with E-state index >= 15 is 0 Å². The maximum Gasteiger partial charge on any atom is 0.301 e. The molecule has 0 aliphatic carbocycles. The van der Waals surface area contributed by atoms with E-state index in [1.807, 2.05) is 6.07 Å². The molecule has 0 unspecified atom stereocenters. The molecule has 0 saturated carbocycles. The molecule has 0 saturated heterocycles. The zero-order valence-electron chi connectivity index (χ0n) is 23.0. The second kappa shape index (κ2) is 12.9. The Hall–Kier alpha value is -6.75. The minimum atomic E-state index is -0.774. The molecule has 0 radical (unpaired) electrons. The lowest BCUT2D eigenvalue weighted by molar-refractivity contribution is -0.393. The van der Waals surface area contributed by atoms with Crippen LogP contribution < -0.4 is 10.9 Å². The second-order valence-corrected chi connectivity index (χ2v) is 9.65. The van der Waals surface area contributed by atoms with E-state index in [2.05, 4.69) is 21.1 Å². The van der Waals surface area contributed by atoms with Crippen molar-refractivity contribution in [2.75, 3.05) is 10.9 Å². The number of nitrogens with one attached hydrogen (secondary N) is 2. The minimum absolute atomic E-state index is 0.0743. The molecule has 0 spiro atoms. The van der Waals surface area contributed by atoms with Gasteiger partial charge in [-0.05, 0) is 24.3 Å². The molecule has 5 rings (SSSR count). The number of nitrogens with zero attached hydrogens (tertiary/aromatic N) is 7. The highest BCUT2D eigenvalue weighted by Gasteiger charge is 2.22. The number of halogens is 1. The Morgan fingerprint density at radius 1 is 0.652 bits per heavy atom. The highest BCUT2D eigenvalue weighted by Crippen LogP contribution is 2.35. The summed E-state index contributed by atoms with van der Waals surface area (Å²) in [6.45, 7) is 0. The molecular weight excluding hydrogens is 626 g/mol. The summed E-state index contributed by atoms with van der Waals surface area (Å²) in [6, 6.07) is 20.4. The molecule has 5 aromatic rings. The number of para-hydroxylation sites is 2. The summed E-state index contributed by atoms with van der Waals surface area (Å²) in [4.78, 5) is 42.1. The van der Waals surface area contributed by atoms with Gasteiger partial charge < -0.3 is 0 Å². The average molecular weight is 644 g/mol. The van der Waals surface area contributed by atoms with E-state index in [0.717, 1.165) is 24.3 Å². The Morgan fingerprint density at radius 3 is 1.72 bits per heavy atom. The lowest BCUT2D eigenvalue weighted by Crippen LogP contribution is -2.00. The fourth-order valence-electron chi connectivity index (χ4n) is 4.50. The van der Waals surface area contributed by atoms with E-state index in [1.54, 1.807) is 47.0 Å². The van der Waals surface area contributed by atoms with Crippen molar-refractivity contribution in [3.63, 3.8) is 0 Å². The molecule has 0 fully saturated rings. The van der Waals surface area contributed by atoms with Crippen LogP contribution in [0.5, 0.6) is 0 Å². The summed E-state index contributed by atoms with van der Waals surface area (Å²) in [6.07, 6.45) is 2.73. The highest BCUT2D eigenvalue weighted by atomic mass is 35.5. The van der Waals surface area contributed by atoms with E-state index in [0.29, 0.717) is 27.7 Å². The molecule has 0 aliphatic rings. The van der Waals surface area contributed by atoms with Crippen LogP contribution in [0.15, 0.2) is 95.1 Å². The standard InChI is InChI=1S/C28H18ClN9O8/c29-28-22(16-31-33-24-12-10-20(36(41)42)14-26(24)38(45)46)21-8-4-5-17(27(21)34(28)18-6-2-1-3-7-18)15-30-32-23-11-9-19(35(39)40)13-25(23)37(43)44/h1-16,32-33H/b30-15+,31-16+. The SMILES string of the molecule is O=[N+]([O-])c1ccc(N/N=C/c2c(Cl)n(-c3ccccc3)c3c(/C=N/Nc4ccc([N+](=O)[O-])cc4[N+](=O)[O-])cccc23)c([N+](=O)[O-])c1. The molecule has 1 heterocycles. The number of benzene rings is 4. The molecule has 1 aromatic heterocycles. The van der Waals surface area contributed by atoms with Crippen LogP contribution >= 0.6 is 11.6 Å². The Bertz CT molecular complexity index is 2100. The van der Waals surface area contributed by atoms with Gasteiger partial charge in [-0.25, -0.2) is 0 Å². The summed E-state index contributed by atoms with van der Waals surface area (Å²) in [7, 11) is 0. The van der Waals surface area contributed by atoms with Crippen LogP contribution in [0, 0.1) is 40.5 Å². The Balaban J connectivity index is 1.55. The number of aromatic nitrogens is 1. The Kier molecular flexibility index (Phi) is 8.58. The quantitative estimate of drug-likeness (QED) is 0.0867. The van der Waals surface area contributed by atoms with Crippen molar-refractivity contribution in [2.24, 2.45) is 10.2 Å². The first-order chi connectivity index (χ1) is 22.1. The number of nitro benzene ring substituents is 4. The number of fused-ring (bicyclic) bond motifs is 1. The molecule has 0 aliphatic heterocycles. The van der Waals surface area contributed by atoms with Crippen LogP contribution in [0.4, 0.5) is 34.1 Å². The summed E-state index contributed by atoms with van der Waals surface area (Å²) in [5.74, 6) is 0. The molecule has 17 nitrogen and oxygen atoms in total. The van der Waals surface area contributed by atoms with Crippen LogP contribution in [-0.4, -0.2) is 36.7 Å². The number of nitro groups is 4. The van der Waals surface area contributed by atoms with Gasteiger partial charge in [-0.15, -0.1) is 0 Å². The lowest BCUT2D eigenvalue weighted by atomic mass is 10.1. The monoisotopic (exact) mass is 643 g/mol. The van der Waals surface area contributed by atoms with Crippen molar-refractivity contribution in [2.45, 2.75) is 0 Å². The lowest BCUT2D eigenvalue weighted by Gasteiger charge is -2.09. The van der Waals surface area contributed by atoms with E-state index in [4.69, 9.17) is 11.6 Å². The van der Waals surface area contributed by atoms with Crippen molar-refractivity contribution >= 4 is 69.1 Å². The number of non-ortho nitro benzene ring substituents is 2. The first kappa shape index (κ1) is 30.7. The topological polar surface area (TPSA) is 226 Å². The van der Waals surface area contributed by atoms with Crippen LogP contribution in [0.1, 0.15) is 11.1 Å². The van der Waals surface area contributed by atoms with E-state index in [1.165, 1.54) is 24.6 Å². The van der Waals surface area contributed by atoms with Gasteiger partial charge in [0.1, 0.15) is 16.5 Å². The summed E-state index contributed by atoms with van der Waals surface area (Å²) in [5.41, 5.74) is 5.09. The molecule has 0 atom stereocenters. The molecule has 230 valence electrons. The number of rotatable bonds is 11. The van der Waals surface area contributed by atoms with Crippen molar-refractivity contribution in [3.05, 3.63) is 142 Å². The smallest absolute Gasteiger partial charge is 0.299 e. The second-order valence-electron chi connectivity index (χ2n) is 9.29. The van der Waals surface area contributed by atoms with Gasteiger partial charge in [-0.1, -0.05) is 48.0 Å². The predicted molar refractivity (Wildman–Crippen MR) is 170 cm³/mol. The molecule has 0 bridgehead atoms. The maximum atomic E-state index is 11.5. The fourth-order valence-corrected chi connectivity index (χ4v) is 4.83. The summed E-state index contributed by atoms with van der Waals surface area (Å²) >= 11 is 6.87. The van der Waals surface area contributed by atoms with Crippen LogP contribution in [0.3, 0.4) is 0 Å². The van der Waals surface area contributed by atoms with Gasteiger partial charge in [0.05, 0.1) is 49.8 Å². The number of hydrogen-bond donors (Lipinski definition) is 2. The average Bonchev–Trinajstić information content (AvgIpc) is 3.32. The van der Waals surface area contributed by atoms with Gasteiger partial charge in [-0.3, -0.25) is 55.9 Å². The number of anilines is 2. The normalized spacial score (nSPS) is 11.2. The molecule has 46 heavy (non-hydrogen) atoms.